The third-order valence-corrected chi connectivity index (χ3v) is 1.26. The summed E-state index contributed by atoms with van der Waals surface area (Å²) in [5, 5.41) is 0. The number of hydrogen-bond acceptors (Lipinski definition) is 1. The van der Waals surface area contributed by atoms with Crippen molar-refractivity contribution < 1.29 is 4.74 Å². The molecule has 0 atom stereocenters. The molecule has 0 heterocycles. The molecule has 0 aromatic heterocycles. The highest BCUT2D eigenvalue weighted by Gasteiger charge is 1.88. The van der Waals surface area contributed by atoms with Crippen LogP contribution in [0.15, 0.2) is 36.9 Å². The SMILES string of the molecule is C=CCCOc1[c]cccc1. The second kappa shape index (κ2) is 4.56. The Hall–Kier alpha value is -1.24. The van der Waals surface area contributed by atoms with Gasteiger partial charge in [-0.05, 0) is 12.5 Å². The van der Waals surface area contributed by atoms with Crippen LogP contribution in [-0.4, -0.2) is 6.61 Å². The lowest BCUT2D eigenvalue weighted by Gasteiger charge is -2.01. The van der Waals surface area contributed by atoms with Crippen LogP contribution in [0.5, 0.6) is 5.75 Å². The normalized spacial score (nSPS) is 9.09. The Kier molecular flexibility index (Phi) is 3.26. The molecule has 0 aliphatic heterocycles. The second-order valence-electron chi connectivity index (χ2n) is 2.15. The maximum Gasteiger partial charge on any atom is 0.127 e. The standard InChI is InChI=1S/C10H11O/c1-2-3-9-11-10-7-5-4-6-8-10/h2,4-7H,1,3,9H2. The molecule has 0 spiro atoms. The molecule has 0 aliphatic carbocycles. The summed E-state index contributed by atoms with van der Waals surface area (Å²) >= 11 is 0. The van der Waals surface area contributed by atoms with Crippen LogP contribution in [0.25, 0.3) is 0 Å². The summed E-state index contributed by atoms with van der Waals surface area (Å²) in [6.07, 6.45) is 2.71. The van der Waals surface area contributed by atoms with Crippen molar-refractivity contribution in [3.8, 4) is 5.75 Å². The second-order valence-corrected chi connectivity index (χ2v) is 2.15. The Balaban J connectivity index is 2.33. The van der Waals surface area contributed by atoms with Gasteiger partial charge in [-0.25, -0.2) is 0 Å². The van der Waals surface area contributed by atoms with E-state index in [-0.39, 0.29) is 0 Å². The van der Waals surface area contributed by atoms with Gasteiger partial charge in [-0.1, -0.05) is 24.3 Å². The van der Waals surface area contributed by atoms with Crippen LogP contribution in [0.1, 0.15) is 6.42 Å². The van der Waals surface area contributed by atoms with Crippen LogP contribution >= 0.6 is 0 Å². The van der Waals surface area contributed by atoms with Crippen LogP contribution < -0.4 is 4.74 Å². The Morgan fingerprint density at radius 3 is 3.09 bits per heavy atom. The third-order valence-electron chi connectivity index (χ3n) is 1.26. The summed E-state index contributed by atoms with van der Waals surface area (Å²) in [5.74, 6) is 0.800. The fourth-order valence-corrected chi connectivity index (χ4v) is 0.719. The maximum atomic E-state index is 5.32. The van der Waals surface area contributed by atoms with Crippen LogP contribution in [-0.2, 0) is 0 Å². The fourth-order valence-electron chi connectivity index (χ4n) is 0.719. The number of hydrogen-bond donors (Lipinski definition) is 0. The minimum absolute atomic E-state index is 0.685. The Morgan fingerprint density at radius 1 is 1.55 bits per heavy atom. The first-order valence-corrected chi connectivity index (χ1v) is 3.64. The van der Waals surface area contributed by atoms with E-state index in [1.807, 2.05) is 30.3 Å². The molecule has 0 saturated carbocycles. The van der Waals surface area contributed by atoms with Gasteiger partial charge < -0.3 is 4.74 Å². The lowest BCUT2D eigenvalue weighted by Crippen LogP contribution is -1.94. The topological polar surface area (TPSA) is 9.23 Å². The zero-order valence-corrected chi connectivity index (χ0v) is 6.42. The van der Waals surface area contributed by atoms with Crippen molar-refractivity contribution in [1.29, 1.82) is 0 Å². The predicted octanol–water partition coefficient (Wildman–Crippen LogP) is 2.44. The zero-order valence-electron chi connectivity index (χ0n) is 6.42. The van der Waals surface area contributed by atoms with Gasteiger partial charge in [-0.3, -0.25) is 0 Å². The quantitative estimate of drug-likeness (QED) is 0.469. The average molecular weight is 147 g/mol. The van der Waals surface area contributed by atoms with Gasteiger partial charge in [0.1, 0.15) is 5.75 Å². The predicted molar refractivity (Wildman–Crippen MR) is 45.6 cm³/mol. The smallest absolute Gasteiger partial charge is 0.127 e. The third kappa shape index (κ3) is 2.89. The van der Waals surface area contributed by atoms with Gasteiger partial charge >= 0.3 is 0 Å². The van der Waals surface area contributed by atoms with Crippen molar-refractivity contribution in [2.45, 2.75) is 6.42 Å². The summed E-state index contributed by atoms with van der Waals surface area (Å²) in [5.41, 5.74) is 0. The molecule has 0 unspecified atom stereocenters. The van der Waals surface area contributed by atoms with E-state index in [2.05, 4.69) is 12.6 Å². The molecule has 1 aromatic carbocycles. The molecule has 0 aliphatic rings. The summed E-state index contributed by atoms with van der Waals surface area (Å²) in [7, 11) is 0. The minimum Gasteiger partial charge on any atom is -0.493 e. The number of ether oxygens (including phenoxy) is 1. The fraction of sp³-hybridized carbons (Fsp3) is 0.200. The van der Waals surface area contributed by atoms with Crippen LogP contribution in [0, 0.1) is 6.07 Å². The molecule has 1 heteroatoms. The highest BCUT2D eigenvalue weighted by atomic mass is 16.5. The van der Waals surface area contributed by atoms with Gasteiger partial charge in [0, 0.05) is 6.07 Å². The van der Waals surface area contributed by atoms with Crippen molar-refractivity contribution in [2.24, 2.45) is 0 Å². The van der Waals surface area contributed by atoms with E-state index in [9.17, 15) is 0 Å². The van der Waals surface area contributed by atoms with Crippen molar-refractivity contribution in [3.05, 3.63) is 43.0 Å². The van der Waals surface area contributed by atoms with E-state index in [0.717, 1.165) is 12.2 Å². The van der Waals surface area contributed by atoms with E-state index in [0.29, 0.717) is 6.61 Å². The lowest BCUT2D eigenvalue weighted by molar-refractivity contribution is 0.324. The van der Waals surface area contributed by atoms with Crippen molar-refractivity contribution in [2.75, 3.05) is 6.61 Å². The number of benzene rings is 1. The molecule has 0 N–H and O–H groups in total. The summed E-state index contributed by atoms with van der Waals surface area (Å²) < 4.78 is 5.32. The molecule has 11 heavy (non-hydrogen) atoms. The van der Waals surface area contributed by atoms with E-state index < -0.39 is 0 Å². The van der Waals surface area contributed by atoms with E-state index in [1.54, 1.807) is 0 Å². The zero-order chi connectivity index (χ0) is 7.94. The molecular formula is C10H11O. The van der Waals surface area contributed by atoms with E-state index in [1.165, 1.54) is 0 Å². The van der Waals surface area contributed by atoms with Gasteiger partial charge in [0.15, 0.2) is 0 Å². The Labute approximate surface area is 67.3 Å². The minimum atomic E-state index is 0.685. The molecule has 1 aromatic rings. The molecule has 0 fully saturated rings. The lowest BCUT2D eigenvalue weighted by atomic mass is 10.3. The first-order chi connectivity index (χ1) is 5.43. The first-order valence-electron chi connectivity index (χ1n) is 3.64. The van der Waals surface area contributed by atoms with Crippen molar-refractivity contribution >= 4 is 0 Å². The van der Waals surface area contributed by atoms with Crippen LogP contribution in [0.3, 0.4) is 0 Å². The average Bonchev–Trinajstić information content (AvgIpc) is 2.07. The molecule has 57 valence electrons. The Morgan fingerprint density at radius 2 is 2.45 bits per heavy atom. The van der Waals surface area contributed by atoms with Crippen LogP contribution in [0.4, 0.5) is 0 Å². The molecule has 0 amide bonds. The highest BCUT2D eigenvalue weighted by molar-refractivity contribution is 5.19. The van der Waals surface area contributed by atoms with Crippen molar-refractivity contribution in [1.82, 2.24) is 0 Å². The first kappa shape index (κ1) is 7.86. The monoisotopic (exact) mass is 147 g/mol. The summed E-state index contributed by atoms with van der Waals surface area (Å²) in [6.45, 7) is 4.29. The van der Waals surface area contributed by atoms with Crippen molar-refractivity contribution in [3.63, 3.8) is 0 Å². The summed E-state index contributed by atoms with van der Waals surface area (Å²) in [4.78, 5) is 0. The van der Waals surface area contributed by atoms with Gasteiger partial charge in [0.05, 0.1) is 6.61 Å². The molecule has 0 bridgehead atoms. The number of para-hydroxylation sites is 1. The molecule has 1 nitrogen and oxygen atoms in total. The molecule has 1 radical (unpaired) electrons. The number of rotatable bonds is 4. The highest BCUT2D eigenvalue weighted by Crippen LogP contribution is 2.06. The molecular weight excluding hydrogens is 136 g/mol. The van der Waals surface area contributed by atoms with E-state index >= 15 is 0 Å². The maximum absolute atomic E-state index is 5.32. The summed E-state index contributed by atoms with van der Waals surface area (Å²) in [6, 6.07) is 10.5. The largest absolute Gasteiger partial charge is 0.493 e. The van der Waals surface area contributed by atoms with Crippen LogP contribution in [0.2, 0.25) is 0 Å². The van der Waals surface area contributed by atoms with Gasteiger partial charge in [0.2, 0.25) is 0 Å². The van der Waals surface area contributed by atoms with Gasteiger partial charge in [0.25, 0.3) is 0 Å². The molecule has 0 saturated heterocycles. The van der Waals surface area contributed by atoms with Gasteiger partial charge in [-0.2, -0.15) is 0 Å². The van der Waals surface area contributed by atoms with Gasteiger partial charge in [-0.15, -0.1) is 6.58 Å². The molecule has 1 rings (SSSR count). The van der Waals surface area contributed by atoms with E-state index in [4.69, 9.17) is 4.74 Å². The Bertz CT molecular complexity index is 203.